The Kier molecular flexibility index (Phi) is 6.47. The lowest BCUT2D eigenvalue weighted by Gasteiger charge is -2.23. The van der Waals surface area contributed by atoms with Gasteiger partial charge in [-0.3, -0.25) is 9.69 Å². The summed E-state index contributed by atoms with van der Waals surface area (Å²) in [6.07, 6.45) is 3.54. The molecule has 0 aromatic heterocycles. The fraction of sp³-hybridized carbons (Fsp3) is 0.917. The third-order valence-corrected chi connectivity index (χ3v) is 3.01. The molecule has 1 rings (SSSR count). The molecule has 0 aromatic rings. The van der Waals surface area contributed by atoms with Gasteiger partial charge in [0.15, 0.2) is 0 Å². The molecule has 17 heavy (non-hydrogen) atoms. The Balaban J connectivity index is 2.25. The molecule has 0 aromatic carbocycles. The van der Waals surface area contributed by atoms with E-state index in [0.29, 0.717) is 6.10 Å². The van der Waals surface area contributed by atoms with Gasteiger partial charge in [0.1, 0.15) is 0 Å². The minimum atomic E-state index is -0.754. The first kappa shape index (κ1) is 14.4. The fourth-order valence-electron chi connectivity index (χ4n) is 2.00. The molecule has 0 saturated carbocycles. The SMILES string of the molecule is CN(C)CCN(CCC1CCCO1)CC(=O)O. The van der Waals surface area contributed by atoms with Crippen LogP contribution >= 0.6 is 0 Å². The van der Waals surface area contributed by atoms with E-state index in [2.05, 4.69) is 4.90 Å². The molecule has 100 valence electrons. The second-order valence-corrected chi connectivity index (χ2v) is 4.90. The number of hydrogen-bond donors (Lipinski definition) is 1. The van der Waals surface area contributed by atoms with E-state index in [1.807, 2.05) is 19.0 Å². The van der Waals surface area contributed by atoms with E-state index >= 15 is 0 Å². The van der Waals surface area contributed by atoms with Crippen LogP contribution in [0, 0.1) is 0 Å². The van der Waals surface area contributed by atoms with Crippen molar-refractivity contribution in [2.24, 2.45) is 0 Å². The molecule has 5 nitrogen and oxygen atoms in total. The molecule has 1 atom stereocenters. The van der Waals surface area contributed by atoms with Gasteiger partial charge in [-0.1, -0.05) is 0 Å². The average Bonchev–Trinajstić information content (AvgIpc) is 2.74. The lowest BCUT2D eigenvalue weighted by atomic mass is 10.2. The van der Waals surface area contributed by atoms with Crippen molar-refractivity contribution in [1.29, 1.82) is 0 Å². The summed E-state index contributed by atoms with van der Waals surface area (Å²) in [5.74, 6) is -0.754. The monoisotopic (exact) mass is 244 g/mol. The zero-order valence-electron chi connectivity index (χ0n) is 10.9. The highest BCUT2D eigenvalue weighted by Crippen LogP contribution is 2.15. The molecule has 1 fully saturated rings. The fourth-order valence-corrected chi connectivity index (χ4v) is 2.00. The number of rotatable bonds is 8. The lowest BCUT2D eigenvalue weighted by molar-refractivity contribution is -0.138. The maximum atomic E-state index is 10.8. The first-order valence-corrected chi connectivity index (χ1v) is 6.28. The van der Waals surface area contributed by atoms with Crippen molar-refractivity contribution in [3.8, 4) is 0 Å². The standard InChI is InChI=1S/C12H24N2O3/c1-13(2)7-8-14(10-12(15)16)6-5-11-4-3-9-17-11/h11H,3-10H2,1-2H3,(H,15,16). The molecule has 1 unspecified atom stereocenters. The van der Waals surface area contributed by atoms with Gasteiger partial charge in [0.25, 0.3) is 0 Å². The number of nitrogens with zero attached hydrogens (tertiary/aromatic N) is 2. The van der Waals surface area contributed by atoms with E-state index in [9.17, 15) is 4.79 Å². The van der Waals surface area contributed by atoms with Crippen LogP contribution in [0.2, 0.25) is 0 Å². The Morgan fingerprint density at radius 3 is 2.65 bits per heavy atom. The highest BCUT2D eigenvalue weighted by Gasteiger charge is 2.17. The first-order chi connectivity index (χ1) is 8.08. The van der Waals surface area contributed by atoms with Crippen LogP contribution < -0.4 is 0 Å². The molecule has 0 radical (unpaired) electrons. The van der Waals surface area contributed by atoms with Crippen LogP contribution in [0.15, 0.2) is 0 Å². The Bertz CT molecular complexity index is 228. The Hall–Kier alpha value is -0.650. The van der Waals surface area contributed by atoms with E-state index in [0.717, 1.165) is 45.5 Å². The van der Waals surface area contributed by atoms with Gasteiger partial charge >= 0.3 is 5.97 Å². The van der Waals surface area contributed by atoms with Crippen LogP contribution in [0.5, 0.6) is 0 Å². The Labute approximate surface area is 103 Å². The zero-order chi connectivity index (χ0) is 12.7. The molecule has 0 spiro atoms. The van der Waals surface area contributed by atoms with E-state index in [1.165, 1.54) is 0 Å². The van der Waals surface area contributed by atoms with Gasteiger partial charge in [0.05, 0.1) is 12.6 Å². The summed E-state index contributed by atoms with van der Waals surface area (Å²) in [7, 11) is 4.00. The first-order valence-electron chi connectivity index (χ1n) is 6.28. The van der Waals surface area contributed by atoms with Crippen LogP contribution in [0.3, 0.4) is 0 Å². The van der Waals surface area contributed by atoms with Crippen molar-refractivity contribution >= 4 is 5.97 Å². The Morgan fingerprint density at radius 2 is 2.12 bits per heavy atom. The zero-order valence-corrected chi connectivity index (χ0v) is 10.9. The van der Waals surface area contributed by atoms with Crippen LogP contribution in [0.4, 0.5) is 0 Å². The summed E-state index contributed by atoms with van der Waals surface area (Å²) in [5.41, 5.74) is 0. The summed E-state index contributed by atoms with van der Waals surface area (Å²) in [6.45, 7) is 3.48. The molecule has 1 aliphatic heterocycles. The Morgan fingerprint density at radius 1 is 1.35 bits per heavy atom. The van der Waals surface area contributed by atoms with Gasteiger partial charge in [0, 0.05) is 26.2 Å². The number of hydrogen-bond acceptors (Lipinski definition) is 4. The smallest absolute Gasteiger partial charge is 0.317 e. The molecular formula is C12H24N2O3. The van der Waals surface area contributed by atoms with E-state index in [4.69, 9.17) is 9.84 Å². The van der Waals surface area contributed by atoms with Crippen LogP contribution in [-0.4, -0.2) is 73.9 Å². The van der Waals surface area contributed by atoms with Crippen molar-refractivity contribution in [1.82, 2.24) is 9.80 Å². The number of ether oxygens (including phenoxy) is 1. The number of aliphatic carboxylic acids is 1. The topological polar surface area (TPSA) is 53.0 Å². The van der Waals surface area contributed by atoms with Crippen molar-refractivity contribution in [3.05, 3.63) is 0 Å². The predicted molar refractivity (Wildman–Crippen MR) is 66.2 cm³/mol. The predicted octanol–water partition coefficient (Wildman–Crippen LogP) is 0.504. The number of carboxylic acid groups (broad SMARTS) is 1. The number of carbonyl (C=O) groups is 1. The highest BCUT2D eigenvalue weighted by atomic mass is 16.5. The maximum Gasteiger partial charge on any atom is 0.317 e. The summed E-state index contributed by atoms with van der Waals surface area (Å²) in [6, 6.07) is 0. The minimum Gasteiger partial charge on any atom is -0.480 e. The molecule has 1 heterocycles. The van der Waals surface area contributed by atoms with Crippen LogP contribution in [0.1, 0.15) is 19.3 Å². The van der Waals surface area contributed by atoms with Gasteiger partial charge in [0.2, 0.25) is 0 Å². The van der Waals surface area contributed by atoms with E-state index in [1.54, 1.807) is 0 Å². The molecule has 5 heteroatoms. The van der Waals surface area contributed by atoms with Gasteiger partial charge in [-0.15, -0.1) is 0 Å². The number of likely N-dealkylation sites (N-methyl/N-ethyl adjacent to an activating group) is 1. The van der Waals surface area contributed by atoms with E-state index in [-0.39, 0.29) is 6.54 Å². The second kappa shape index (κ2) is 7.63. The molecular weight excluding hydrogens is 220 g/mol. The summed E-state index contributed by atoms with van der Waals surface area (Å²) in [4.78, 5) is 14.8. The van der Waals surface area contributed by atoms with Gasteiger partial charge in [-0.05, 0) is 33.4 Å². The third-order valence-electron chi connectivity index (χ3n) is 3.01. The van der Waals surface area contributed by atoms with Crippen molar-refractivity contribution < 1.29 is 14.6 Å². The second-order valence-electron chi connectivity index (χ2n) is 4.90. The number of carboxylic acids is 1. The quantitative estimate of drug-likeness (QED) is 0.674. The summed E-state index contributed by atoms with van der Waals surface area (Å²) in [5, 5.41) is 8.85. The van der Waals surface area contributed by atoms with Crippen molar-refractivity contribution in [2.75, 3.05) is 46.9 Å². The van der Waals surface area contributed by atoms with Crippen molar-refractivity contribution in [2.45, 2.75) is 25.4 Å². The molecule has 0 amide bonds. The van der Waals surface area contributed by atoms with Gasteiger partial charge in [-0.2, -0.15) is 0 Å². The van der Waals surface area contributed by atoms with Gasteiger partial charge in [-0.25, -0.2) is 0 Å². The minimum absolute atomic E-state index is 0.126. The molecule has 1 saturated heterocycles. The van der Waals surface area contributed by atoms with Crippen LogP contribution in [-0.2, 0) is 9.53 Å². The van der Waals surface area contributed by atoms with Gasteiger partial charge < -0.3 is 14.7 Å². The maximum absolute atomic E-state index is 10.8. The molecule has 1 N–H and O–H groups in total. The third kappa shape index (κ3) is 6.61. The summed E-state index contributed by atoms with van der Waals surface area (Å²) < 4.78 is 5.55. The molecule has 0 bridgehead atoms. The molecule has 0 aliphatic carbocycles. The van der Waals surface area contributed by atoms with Crippen LogP contribution in [0.25, 0.3) is 0 Å². The van der Waals surface area contributed by atoms with Crippen molar-refractivity contribution in [3.63, 3.8) is 0 Å². The molecule has 1 aliphatic rings. The largest absolute Gasteiger partial charge is 0.480 e. The lowest BCUT2D eigenvalue weighted by Crippen LogP contribution is -2.37. The summed E-state index contributed by atoms with van der Waals surface area (Å²) >= 11 is 0. The highest BCUT2D eigenvalue weighted by molar-refractivity contribution is 5.69. The average molecular weight is 244 g/mol. The normalized spacial score (nSPS) is 20.4. The van der Waals surface area contributed by atoms with E-state index < -0.39 is 5.97 Å².